The highest BCUT2D eigenvalue weighted by atomic mass is 17.2. The second-order valence-corrected chi connectivity index (χ2v) is 1.00. The maximum atomic E-state index is 9.80. The maximum absolute atomic E-state index is 9.80. The molecule has 1 fully saturated rings. The van der Waals surface area contributed by atoms with Crippen LogP contribution in [0, 0.1) is 10.4 Å². The molecule has 7 nitrogen and oxygen atoms in total. The van der Waals surface area contributed by atoms with Crippen LogP contribution in [0.5, 0.6) is 0 Å². The zero-order chi connectivity index (χ0) is 5.44. The normalized spacial score (nSPS) is 43.3. The molecular formula is H4N4O3. The summed E-state index contributed by atoms with van der Waals surface area (Å²) < 4.78 is 0. The molecule has 1 rings (SSSR count). The Morgan fingerprint density at radius 1 is 1.43 bits per heavy atom. The molecule has 1 aliphatic heterocycles. The van der Waals surface area contributed by atoms with Gasteiger partial charge in [-0.25, -0.2) is 0 Å². The summed E-state index contributed by atoms with van der Waals surface area (Å²) in [6.45, 7) is 0. The quantitative estimate of drug-likeness (QED) is 0.215. The molecule has 2 atom stereocenters. The van der Waals surface area contributed by atoms with E-state index >= 15 is 0 Å². The van der Waals surface area contributed by atoms with E-state index in [1.165, 1.54) is 0 Å². The molecule has 0 aromatic rings. The summed E-state index contributed by atoms with van der Waals surface area (Å²) in [6, 6.07) is 0. The number of nitrogens with two attached hydrogens (primary N) is 1. The van der Waals surface area contributed by atoms with E-state index in [1.54, 1.807) is 0 Å². The standard InChI is InChI=1S/H4N4O3/c1-2-3(5)7-4(2)6/h3-4H,1H2. The van der Waals surface area contributed by atoms with Crippen LogP contribution in [0.15, 0.2) is 0 Å². The minimum absolute atomic E-state index is 0.389. The molecule has 0 aromatic heterocycles. The van der Waals surface area contributed by atoms with Crippen molar-refractivity contribution in [3.8, 4) is 0 Å². The van der Waals surface area contributed by atoms with Gasteiger partial charge in [0.25, 0.3) is 0 Å². The Balaban J connectivity index is 2.29. The summed E-state index contributed by atoms with van der Waals surface area (Å²) in [5, 5.41) is 18.4. The van der Waals surface area contributed by atoms with Gasteiger partial charge in [0.15, 0.2) is 5.23 Å². The van der Waals surface area contributed by atoms with Crippen molar-refractivity contribution < 1.29 is 15.6 Å². The van der Waals surface area contributed by atoms with Gasteiger partial charge in [-0.2, -0.15) is 5.84 Å². The number of hydrogen-bond acceptors (Lipinski definition) is 5. The van der Waals surface area contributed by atoms with Gasteiger partial charge >= 0.3 is 0 Å². The Morgan fingerprint density at radius 3 is 1.86 bits per heavy atom. The van der Waals surface area contributed by atoms with E-state index in [0.29, 0.717) is 5.23 Å². The van der Waals surface area contributed by atoms with Crippen LogP contribution in [0.25, 0.3) is 0 Å². The summed E-state index contributed by atoms with van der Waals surface area (Å²) in [5.74, 6) is 4.67. The first-order chi connectivity index (χ1) is 3.22. The predicted octanol–water partition coefficient (Wildman–Crippen LogP) is -4.38. The summed E-state index contributed by atoms with van der Waals surface area (Å²) in [7, 11) is 0. The Kier molecular flexibility index (Phi) is 0.938. The monoisotopic (exact) mass is 108 g/mol. The largest absolute Gasteiger partial charge is 0.570 e. The third-order valence-electron chi connectivity index (χ3n) is 0.568. The van der Waals surface area contributed by atoms with Crippen molar-refractivity contribution in [1.82, 2.24) is 5.23 Å². The fourth-order valence-corrected chi connectivity index (χ4v) is 0.209. The van der Waals surface area contributed by atoms with E-state index in [-0.39, 0.29) is 0 Å². The lowest BCUT2D eigenvalue weighted by molar-refractivity contribution is -1.58. The lowest BCUT2D eigenvalue weighted by Crippen LogP contribution is -3.52. The Morgan fingerprint density at radius 2 is 1.86 bits per heavy atom. The van der Waals surface area contributed by atoms with E-state index in [2.05, 4.69) is 10.8 Å². The fraction of sp³-hybridized carbons (Fsp3) is 0. The first kappa shape index (κ1) is 4.87. The van der Waals surface area contributed by atoms with Crippen LogP contribution in [0.4, 0.5) is 0 Å². The van der Waals surface area contributed by atoms with Crippen molar-refractivity contribution in [1.29, 1.82) is 0 Å². The van der Waals surface area contributed by atoms with Gasteiger partial charge < -0.3 is 10.4 Å². The minimum atomic E-state index is -0.801. The van der Waals surface area contributed by atoms with Crippen molar-refractivity contribution in [2.45, 2.75) is 0 Å². The zero-order valence-electron chi connectivity index (χ0n) is 3.25. The molecule has 7 heavy (non-hydrogen) atoms. The first-order valence-corrected chi connectivity index (χ1v) is 1.52. The highest BCUT2D eigenvalue weighted by molar-refractivity contribution is 3.91. The van der Waals surface area contributed by atoms with Crippen molar-refractivity contribution >= 4 is 0 Å². The number of hydrogen-bond donors (Lipinski definition) is 3. The smallest absolute Gasteiger partial charge is 0.153 e. The summed E-state index contributed by atoms with van der Waals surface area (Å²) in [5.41, 5.74) is 0. The molecule has 0 amide bonds. The van der Waals surface area contributed by atoms with Crippen LogP contribution < -0.4 is 16.5 Å². The fourth-order valence-electron chi connectivity index (χ4n) is 0.209. The maximum Gasteiger partial charge on any atom is 0.153 e. The van der Waals surface area contributed by atoms with Crippen molar-refractivity contribution in [2.75, 3.05) is 0 Å². The predicted molar refractivity (Wildman–Crippen MR) is 15.8 cm³/mol. The van der Waals surface area contributed by atoms with Crippen LogP contribution in [-0.2, 0) is 4.94 Å². The molecule has 7 heteroatoms. The van der Waals surface area contributed by atoms with E-state index in [1.807, 2.05) is 0 Å². The molecule has 1 saturated heterocycles. The van der Waals surface area contributed by atoms with Crippen LogP contribution in [-0.4, -0.2) is 5.23 Å². The third-order valence-corrected chi connectivity index (χ3v) is 0.568. The Bertz CT molecular complexity index is 65.3. The summed E-state index contributed by atoms with van der Waals surface area (Å²) in [4.78, 5) is 3.77. The van der Waals surface area contributed by atoms with Crippen LogP contribution in [0.2, 0.25) is 0 Å². The average molecular weight is 108 g/mol. The van der Waals surface area contributed by atoms with Crippen LogP contribution in [0.1, 0.15) is 0 Å². The molecule has 2 unspecified atom stereocenters. The number of rotatable bonds is 0. The molecule has 0 aromatic carbocycles. The van der Waals surface area contributed by atoms with Crippen LogP contribution >= 0.6 is 0 Å². The highest BCUT2D eigenvalue weighted by Gasteiger charge is 2.33. The number of quaternary nitrogens is 2. The highest BCUT2D eigenvalue weighted by Crippen LogP contribution is 1.48. The second-order valence-electron chi connectivity index (χ2n) is 1.00. The lowest BCUT2D eigenvalue weighted by atomic mass is 12.0. The molecule has 0 saturated carbocycles. The van der Waals surface area contributed by atoms with Gasteiger partial charge in [0, 0.05) is 4.94 Å². The molecule has 42 valence electrons. The topological polar surface area (TPSA) is 93.5 Å². The van der Waals surface area contributed by atoms with E-state index in [4.69, 9.17) is 0 Å². The Hall–Kier alpha value is -0.280. The van der Waals surface area contributed by atoms with Gasteiger partial charge in [-0.1, -0.05) is 0 Å². The summed E-state index contributed by atoms with van der Waals surface area (Å²) in [6.07, 6.45) is 0. The lowest BCUT2D eigenvalue weighted by Gasteiger charge is -2.37. The van der Waals surface area contributed by atoms with Crippen molar-refractivity contribution in [2.24, 2.45) is 5.84 Å². The van der Waals surface area contributed by atoms with Gasteiger partial charge in [-0.15, -0.1) is 0 Å². The SMILES string of the molecule is NN1[NH+]([O-])O[NH+]1[O-]. The zero-order valence-corrected chi connectivity index (χ0v) is 3.25. The molecule has 0 radical (unpaired) electrons. The molecule has 0 bridgehead atoms. The van der Waals surface area contributed by atoms with Crippen molar-refractivity contribution in [3.63, 3.8) is 0 Å². The van der Waals surface area contributed by atoms with Gasteiger partial charge in [-0.3, -0.25) is 0 Å². The van der Waals surface area contributed by atoms with E-state index < -0.39 is 10.7 Å². The summed E-state index contributed by atoms with van der Waals surface area (Å²) >= 11 is 0. The van der Waals surface area contributed by atoms with Crippen molar-refractivity contribution in [3.05, 3.63) is 10.4 Å². The first-order valence-electron chi connectivity index (χ1n) is 1.52. The molecule has 0 spiro atoms. The molecular weight excluding hydrogens is 104 g/mol. The number of nitrogens with zero attached hydrogens (tertiary/aromatic N) is 1. The van der Waals surface area contributed by atoms with Gasteiger partial charge in [0.1, 0.15) is 0 Å². The second kappa shape index (κ2) is 1.35. The van der Waals surface area contributed by atoms with E-state index in [9.17, 15) is 10.4 Å². The molecule has 0 aliphatic carbocycles. The molecule has 1 heterocycles. The minimum Gasteiger partial charge on any atom is -0.570 e. The average Bonchev–Trinajstić information content (AvgIpc) is 1.68. The number of nitrogens with one attached hydrogen (secondary N) is 2. The Labute approximate surface area is 38.4 Å². The van der Waals surface area contributed by atoms with Crippen LogP contribution in [0.3, 0.4) is 0 Å². The van der Waals surface area contributed by atoms with Gasteiger partial charge in [0.2, 0.25) is 0 Å². The van der Waals surface area contributed by atoms with E-state index in [0.717, 1.165) is 0 Å². The number of hydrazine groups is 1. The molecule has 1 aliphatic rings. The molecule has 4 N–H and O–H groups in total. The third kappa shape index (κ3) is 0.576. The van der Waals surface area contributed by atoms with Gasteiger partial charge in [0.05, 0.1) is 0 Å². The van der Waals surface area contributed by atoms with Gasteiger partial charge in [-0.05, 0) is 10.7 Å².